The highest BCUT2D eigenvalue weighted by Crippen LogP contribution is 2.46. The molecule has 0 atom stereocenters. The van der Waals surface area contributed by atoms with Gasteiger partial charge in [-0.2, -0.15) is 0 Å². The standard InChI is InChI=1S/C12H10.C6Br6/c1-3-7-11(8-4-1)12-9-5-2-6-10-12;7-1-2(8)4(10)6(12)5(11)3(1)9/h1-10H;. The number of benzene rings is 3. The smallest absolute Gasteiger partial charge is 0.0483 e. The molecule has 0 N–H and O–H groups in total. The minimum absolute atomic E-state index is 0.976. The van der Waals surface area contributed by atoms with Crippen LogP contribution in [0.5, 0.6) is 0 Å². The van der Waals surface area contributed by atoms with Crippen molar-refractivity contribution in [2.75, 3.05) is 0 Å². The van der Waals surface area contributed by atoms with E-state index in [9.17, 15) is 0 Å². The molecule has 6 heteroatoms. The lowest BCUT2D eigenvalue weighted by molar-refractivity contribution is 1.42. The molecule has 0 aliphatic heterocycles. The van der Waals surface area contributed by atoms with Gasteiger partial charge in [-0.3, -0.25) is 0 Å². The summed E-state index contributed by atoms with van der Waals surface area (Å²) in [4.78, 5) is 0. The predicted molar refractivity (Wildman–Crippen MR) is 125 cm³/mol. The molecule has 0 aromatic heterocycles. The first kappa shape index (κ1) is 20.8. The molecule has 0 amide bonds. The van der Waals surface area contributed by atoms with E-state index >= 15 is 0 Å². The molecule has 3 rings (SSSR count). The summed E-state index contributed by atoms with van der Waals surface area (Å²) in [5.74, 6) is 0. The Balaban J connectivity index is 0.000000174. The molecule has 3 aromatic carbocycles. The molecule has 0 bridgehead atoms. The second-order valence-corrected chi connectivity index (χ2v) is 9.37. The van der Waals surface area contributed by atoms with Crippen molar-refractivity contribution in [3.05, 3.63) is 87.5 Å². The van der Waals surface area contributed by atoms with Gasteiger partial charge in [0.05, 0.1) is 0 Å². The second-order valence-electron chi connectivity index (χ2n) is 4.62. The molecular weight excluding hydrogens is 696 g/mol. The highest BCUT2D eigenvalue weighted by Gasteiger charge is 2.15. The number of halogens is 6. The molecule has 0 saturated carbocycles. The Morgan fingerprint density at radius 1 is 0.333 bits per heavy atom. The Kier molecular flexibility index (Phi) is 8.71. The van der Waals surface area contributed by atoms with Crippen LogP contribution in [-0.2, 0) is 0 Å². The Hall–Kier alpha value is 0.540. The van der Waals surface area contributed by atoms with Gasteiger partial charge in [0.25, 0.3) is 0 Å². The maximum absolute atomic E-state index is 3.44. The number of hydrogen-bond donors (Lipinski definition) is 0. The topological polar surface area (TPSA) is 0 Å². The molecule has 0 saturated heterocycles. The van der Waals surface area contributed by atoms with Gasteiger partial charge >= 0.3 is 0 Å². The zero-order valence-electron chi connectivity index (χ0n) is 12.0. The Bertz CT molecular complexity index is 673. The minimum atomic E-state index is 0.976. The SMILES string of the molecule is Brc1c(Br)c(Br)c(Br)c(Br)c1Br.c1ccc(-c2ccccc2)cc1. The summed E-state index contributed by atoms with van der Waals surface area (Å²) in [5.41, 5.74) is 2.55. The van der Waals surface area contributed by atoms with Crippen molar-refractivity contribution in [3.8, 4) is 11.1 Å². The van der Waals surface area contributed by atoms with E-state index in [1.165, 1.54) is 11.1 Å². The summed E-state index contributed by atoms with van der Waals surface area (Å²) >= 11 is 20.6. The van der Waals surface area contributed by atoms with Crippen molar-refractivity contribution in [3.63, 3.8) is 0 Å². The summed E-state index contributed by atoms with van der Waals surface area (Å²) in [5, 5.41) is 0. The van der Waals surface area contributed by atoms with E-state index < -0.39 is 0 Å². The summed E-state index contributed by atoms with van der Waals surface area (Å²) in [6.07, 6.45) is 0. The van der Waals surface area contributed by atoms with Crippen LogP contribution >= 0.6 is 95.6 Å². The van der Waals surface area contributed by atoms with Crippen molar-refractivity contribution in [1.82, 2.24) is 0 Å². The van der Waals surface area contributed by atoms with Gasteiger partial charge in [0.1, 0.15) is 0 Å². The maximum Gasteiger partial charge on any atom is 0.0483 e. The molecule has 0 nitrogen and oxygen atoms in total. The van der Waals surface area contributed by atoms with E-state index in [2.05, 4.69) is 144 Å². The van der Waals surface area contributed by atoms with Gasteiger partial charge in [-0.25, -0.2) is 0 Å². The Morgan fingerprint density at radius 3 is 0.750 bits per heavy atom. The quantitative estimate of drug-likeness (QED) is 0.175. The summed E-state index contributed by atoms with van der Waals surface area (Å²) in [7, 11) is 0. The molecular formula is C18H10Br6. The van der Waals surface area contributed by atoms with Crippen LogP contribution < -0.4 is 0 Å². The molecule has 124 valence electrons. The van der Waals surface area contributed by atoms with Gasteiger partial charge in [-0.05, 0) is 107 Å². The van der Waals surface area contributed by atoms with E-state index in [1.807, 2.05) is 12.1 Å². The van der Waals surface area contributed by atoms with Crippen LogP contribution in [0.4, 0.5) is 0 Å². The molecule has 0 aliphatic rings. The van der Waals surface area contributed by atoms with Crippen molar-refractivity contribution in [1.29, 1.82) is 0 Å². The van der Waals surface area contributed by atoms with E-state index in [0.717, 1.165) is 26.8 Å². The van der Waals surface area contributed by atoms with Crippen molar-refractivity contribution < 1.29 is 0 Å². The first-order valence-electron chi connectivity index (χ1n) is 6.71. The van der Waals surface area contributed by atoms with E-state index in [0.29, 0.717) is 0 Å². The van der Waals surface area contributed by atoms with Gasteiger partial charge in [0.2, 0.25) is 0 Å². The zero-order chi connectivity index (χ0) is 17.7. The lowest BCUT2D eigenvalue weighted by atomic mass is 10.1. The van der Waals surface area contributed by atoms with Crippen LogP contribution in [0.1, 0.15) is 0 Å². The lowest BCUT2D eigenvalue weighted by Gasteiger charge is -2.08. The summed E-state index contributed by atoms with van der Waals surface area (Å²) in [6.45, 7) is 0. The second kappa shape index (κ2) is 10.0. The van der Waals surface area contributed by atoms with E-state index in [-0.39, 0.29) is 0 Å². The van der Waals surface area contributed by atoms with Crippen LogP contribution in [0.25, 0.3) is 11.1 Å². The van der Waals surface area contributed by atoms with Gasteiger partial charge in [-0.15, -0.1) is 0 Å². The molecule has 0 spiro atoms. The molecule has 24 heavy (non-hydrogen) atoms. The van der Waals surface area contributed by atoms with E-state index in [1.54, 1.807) is 0 Å². The average Bonchev–Trinajstić information content (AvgIpc) is 2.65. The number of rotatable bonds is 1. The lowest BCUT2D eigenvalue weighted by Crippen LogP contribution is -1.81. The van der Waals surface area contributed by atoms with Crippen LogP contribution in [0.2, 0.25) is 0 Å². The van der Waals surface area contributed by atoms with Gasteiger partial charge < -0.3 is 0 Å². The highest BCUT2D eigenvalue weighted by atomic mass is 79.9. The third-order valence-corrected chi connectivity index (χ3v) is 11.0. The van der Waals surface area contributed by atoms with Crippen molar-refractivity contribution in [2.24, 2.45) is 0 Å². The monoisotopic (exact) mass is 700 g/mol. The normalized spacial score (nSPS) is 10.1. The molecule has 3 aromatic rings. The molecule has 0 unspecified atom stereocenters. The van der Waals surface area contributed by atoms with Crippen molar-refractivity contribution in [2.45, 2.75) is 0 Å². The van der Waals surface area contributed by atoms with Crippen molar-refractivity contribution >= 4 is 95.6 Å². The molecule has 0 fully saturated rings. The molecule has 0 radical (unpaired) electrons. The maximum atomic E-state index is 3.44. The zero-order valence-corrected chi connectivity index (χ0v) is 21.6. The van der Waals surface area contributed by atoms with E-state index in [4.69, 9.17) is 0 Å². The van der Waals surface area contributed by atoms with Gasteiger partial charge in [0, 0.05) is 26.8 Å². The fraction of sp³-hybridized carbons (Fsp3) is 0. The largest absolute Gasteiger partial charge is 0.0622 e. The first-order valence-corrected chi connectivity index (χ1v) is 11.5. The fourth-order valence-corrected chi connectivity index (χ4v) is 5.81. The van der Waals surface area contributed by atoms with Crippen LogP contribution in [0.15, 0.2) is 87.5 Å². The van der Waals surface area contributed by atoms with Crippen LogP contribution in [0.3, 0.4) is 0 Å². The third-order valence-electron chi connectivity index (χ3n) is 3.04. The highest BCUT2D eigenvalue weighted by molar-refractivity contribution is 9.16. The Labute approximate surface area is 192 Å². The summed E-state index contributed by atoms with van der Waals surface area (Å²) < 4.78 is 5.86. The van der Waals surface area contributed by atoms with Crippen LogP contribution in [-0.4, -0.2) is 0 Å². The fourth-order valence-electron chi connectivity index (χ4n) is 1.84. The predicted octanol–water partition coefficient (Wildman–Crippen LogP) is 9.62. The Morgan fingerprint density at radius 2 is 0.542 bits per heavy atom. The third kappa shape index (κ3) is 5.27. The first-order chi connectivity index (χ1) is 11.4. The van der Waals surface area contributed by atoms with Gasteiger partial charge in [0.15, 0.2) is 0 Å². The molecule has 0 aliphatic carbocycles. The van der Waals surface area contributed by atoms with Crippen LogP contribution in [0, 0.1) is 0 Å². The molecule has 0 heterocycles. The number of hydrogen-bond acceptors (Lipinski definition) is 0. The minimum Gasteiger partial charge on any atom is -0.0622 e. The average molecular weight is 706 g/mol. The summed E-state index contributed by atoms with van der Waals surface area (Å²) in [6, 6.07) is 20.8. The van der Waals surface area contributed by atoms with Gasteiger partial charge in [-0.1, -0.05) is 60.7 Å².